The molecule has 0 atom stereocenters. The minimum atomic E-state index is -0.373. The number of hydrogen-bond acceptors (Lipinski definition) is 2. The van der Waals surface area contributed by atoms with Gasteiger partial charge >= 0.3 is 0 Å². The van der Waals surface area contributed by atoms with E-state index in [-0.39, 0.29) is 16.8 Å². The first-order valence-corrected chi connectivity index (χ1v) is 7.68. The molecular weight excluding hydrogens is 399 g/mol. The van der Waals surface area contributed by atoms with Crippen LogP contribution in [0, 0.1) is 5.82 Å². The van der Waals surface area contributed by atoms with Crippen LogP contribution in [0.3, 0.4) is 0 Å². The van der Waals surface area contributed by atoms with Gasteiger partial charge in [0.25, 0.3) is 0 Å². The third-order valence-electron chi connectivity index (χ3n) is 2.26. The standard InChI is InChI=1S/C12H13Br2FN2OS/c1-2-3-4-10(18)16-12(19)17-11-8(13)5-7(15)6-9(11)14/h5-6H,2-4H2,1H3,(H2,16,17,18,19). The quantitative estimate of drug-likeness (QED) is 0.723. The van der Waals surface area contributed by atoms with E-state index in [0.717, 1.165) is 12.8 Å². The average molecular weight is 412 g/mol. The molecule has 1 amide bonds. The molecule has 7 heteroatoms. The van der Waals surface area contributed by atoms with E-state index >= 15 is 0 Å². The first-order chi connectivity index (χ1) is 8.93. The normalized spacial score (nSPS) is 10.1. The molecule has 0 saturated heterocycles. The first-order valence-electron chi connectivity index (χ1n) is 5.69. The van der Waals surface area contributed by atoms with Crippen molar-refractivity contribution in [2.24, 2.45) is 0 Å². The molecule has 0 aliphatic rings. The zero-order chi connectivity index (χ0) is 14.4. The highest BCUT2D eigenvalue weighted by molar-refractivity contribution is 9.11. The Morgan fingerprint density at radius 3 is 2.47 bits per heavy atom. The lowest BCUT2D eigenvalue weighted by atomic mass is 10.2. The highest BCUT2D eigenvalue weighted by Gasteiger charge is 2.10. The summed E-state index contributed by atoms with van der Waals surface area (Å²) in [5.74, 6) is -0.504. The lowest BCUT2D eigenvalue weighted by Gasteiger charge is -2.12. The number of unbranched alkanes of at least 4 members (excludes halogenated alkanes) is 1. The van der Waals surface area contributed by atoms with Crippen molar-refractivity contribution in [3.05, 3.63) is 26.9 Å². The summed E-state index contributed by atoms with van der Waals surface area (Å²) in [7, 11) is 0. The van der Waals surface area contributed by atoms with Gasteiger partial charge in [0.15, 0.2) is 5.11 Å². The number of carbonyl (C=O) groups is 1. The van der Waals surface area contributed by atoms with Gasteiger partial charge in [0.05, 0.1) is 5.69 Å². The van der Waals surface area contributed by atoms with E-state index < -0.39 is 0 Å². The Labute approximate surface area is 133 Å². The molecule has 2 N–H and O–H groups in total. The lowest BCUT2D eigenvalue weighted by molar-refractivity contribution is -0.119. The van der Waals surface area contributed by atoms with E-state index in [1.807, 2.05) is 6.92 Å². The molecule has 104 valence electrons. The van der Waals surface area contributed by atoms with Crippen LogP contribution in [0.15, 0.2) is 21.1 Å². The van der Waals surface area contributed by atoms with Crippen LogP contribution in [-0.2, 0) is 4.79 Å². The van der Waals surface area contributed by atoms with Crippen molar-refractivity contribution in [3.63, 3.8) is 0 Å². The molecule has 1 aromatic carbocycles. The zero-order valence-corrected chi connectivity index (χ0v) is 14.2. The largest absolute Gasteiger partial charge is 0.331 e. The molecule has 0 fully saturated rings. The number of rotatable bonds is 4. The van der Waals surface area contributed by atoms with Crippen molar-refractivity contribution in [3.8, 4) is 0 Å². The maximum absolute atomic E-state index is 13.1. The third kappa shape index (κ3) is 5.54. The third-order valence-corrected chi connectivity index (χ3v) is 3.71. The summed E-state index contributed by atoms with van der Waals surface area (Å²) in [6.45, 7) is 2.01. The van der Waals surface area contributed by atoms with E-state index in [1.165, 1.54) is 12.1 Å². The molecule has 1 aromatic rings. The van der Waals surface area contributed by atoms with Crippen LogP contribution in [0.1, 0.15) is 26.2 Å². The predicted octanol–water partition coefficient (Wildman–Crippen LogP) is 4.35. The van der Waals surface area contributed by atoms with Gasteiger partial charge in [-0.2, -0.15) is 0 Å². The highest BCUT2D eigenvalue weighted by atomic mass is 79.9. The second-order valence-corrected chi connectivity index (χ2v) is 5.97. The minimum absolute atomic E-state index is 0.131. The van der Waals surface area contributed by atoms with Crippen molar-refractivity contribution in [1.82, 2.24) is 5.32 Å². The number of benzene rings is 1. The van der Waals surface area contributed by atoms with Crippen LogP contribution in [0.4, 0.5) is 10.1 Å². The van der Waals surface area contributed by atoms with Crippen LogP contribution in [0.25, 0.3) is 0 Å². The summed E-state index contributed by atoms with van der Waals surface area (Å²) >= 11 is 11.5. The van der Waals surface area contributed by atoms with Gasteiger partial charge < -0.3 is 10.6 Å². The Balaban J connectivity index is 2.65. The fourth-order valence-corrected chi connectivity index (χ4v) is 2.88. The van der Waals surface area contributed by atoms with Crippen LogP contribution in [0.2, 0.25) is 0 Å². The molecule has 0 spiro atoms. The molecule has 0 aromatic heterocycles. The van der Waals surface area contributed by atoms with E-state index in [4.69, 9.17) is 12.2 Å². The van der Waals surface area contributed by atoms with Crippen molar-refractivity contribution in [2.45, 2.75) is 26.2 Å². The molecule has 0 aliphatic heterocycles. The summed E-state index contributed by atoms with van der Waals surface area (Å²) < 4.78 is 14.1. The fourth-order valence-electron chi connectivity index (χ4n) is 1.33. The van der Waals surface area contributed by atoms with Gasteiger partial charge in [-0.25, -0.2) is 4.39 Å². The summed E-state index contributed by atoms with van der Waals surface area (Å²) in [4.78, 5) is 11.5. The second kappa shape index (κ2) is 7.91. The predicted molar refractivity (Wildman–Crippen MR) is 85.7 cm³/mol. The van der Waals surface area contributed by atoms with Crippen LogP contribution in [0.5, 0.6) is 0 Å². The van der Waals surface area contributed by atoms with Gasteiger partial charge in [-0.3, -0.25) is 4.79 Å². The number of hydrogen-bond donors (Lipinski definition) is 2. The van der Waals surface area contributed by atoms with Gasteiger partial charge in [-0.15, -0.1) is 0 Å². The number of thiocarbonyl (C=S) groups is 1. The topological polar surface area (TPSA) is 41.1 Å². The van der Waals surface area contributed by atoms with E-state index in [1.54, 1.807) is 0 Å². The number of halogens is 3. The minimum Gasteiger partial charge on any atom is -0.331 e. The summed E-state index contributed by atoms with van der Waals surface area (Å²) in [5.41, 5.74) is 0.571. The number of carbonyl (C=O) groups excluding carboxylic acids is 1. The number of nitrogens with one attached hydrogen (secondary N) is 2. The van der Waals surface area contributed by atoms with Crippen LogP contribution >= 0.6 is 44.1 Å². The van der Waals surface area contributed by atoms with Crippen molar-refractivity contribution < 1.29 is 9.18 Å². The van der Waals surface area contributed by atoms with Gasteiger partial charge in [0.1, 0.15) is 5.82 Å². The van der Waals surface area contributed by atoms with Crippen LogP contribution in [-0.4, -0.2) is 11.0 Å². The molecule has 0 saturated carbocycles. The first kappa shape index (κ1) is 16.5. The molecule has 3 nitrogen and oxygen atoms in total. The lowest BCUT2D eigenvalue weighted by Crippen LogP contribution is -2.34. The average Bonchev–Trinajstić information content (AvgIpc) is 2.31. The van der Waals surface area contributed by atoms with Crippen molar-refractivity contribution >= 4 is 60.8 Å². The molecular formula is C12H13Br2FN2OS. The van der Waals surface area contributed by atoms with Crippen LogP contribution < -0.4 is 10.6 Å². The van der Waals surface area contributed by atoms with Gasteiger partial charge in [0.2, 0.25) is 5.91 Å². The second-order valence-electron chi connectivity index (χ2n) is 3.85. The number of anilines is 1. The summed E-state index contributed by atoms with van der Waals surface area (Å²) in [5, 5.41) is 5.62. The van der Waals surface area contributed by atoms with Gasteiger partial charge in [-0.05, 0) is 62.6 Å². The maximum atomic E-state index is 13.1. The molecule has 0 unspecified atom stereocenters. The van der Waals surface area contributed by atoms with E-state index in [0.29, 0.717) is 21.1 Å². The Morgan fingerprint density at radius 1 is 1.37 bits per heavy atom. The van der Waals surface area contributed by atoms with Gasteiger partial charge in [0, 0.05) is 15.4 Å². The van der Waals surface area contributed by atoms with E-state index in [9.17, 15) is 9.18 Å². The Morgan fingerprint density at radius 2 is 1.95 bits per heavy atom. The monoisotopic (exact) mass is 410 g/mol. The Kier molecular flexibility index (Phi) is 6.88. The maximum Gasteiger partial charge on any atom is 0.226 e. The summed E-state index contributed by atoms with van der Waals surface area (Å²) in [6, 6.07) is 2.63. The van der Waals surface area contributed by atoms with Crippen molar-refractivity contribution in [2.75, 3.05) is 5.32 Å². The molecule has 0 bridgehead atoms. The molecule has 1 rings (SSSR count). The highest BCUT2D eigenvalue weighted by Crippen LogP contribution is 2.31. The molecule has 0 aliphatic carbocycles. The molecule has 0 radical (unpaired) electrons. The SMILES string of the molecule is CCCCC(=O)NC(=S)Nc1c(Br)cc(F)cc1Br. The number of amides is 1. The zero-order valence-electron chi connectivity index (χ0n) is 10.2. The fraction of sp³-hybridized carbons (Fsp3) is 0.333. The Hall–Kier alpha value is -0.530. The van der Waals surface area contributed by atoms with E-state index in [2.05, 4.69) is 42.5 Å². The smallest absolute Gasteiger partial charge is 0.226 e. The Bertz CT molecular complexity index is 474. The molecule has 19 heavy (non-hydrogen) atoms. The van der Waals surface area contributed by atoms with Crippen molar-refractivity contribution in [1.29, 1.82) is 0 Å². The van der Waals surface area contributed by atoms with Gasteiger partial charge in [-0.1, -0.05) is 13.3 Å². The summed E-state index contributed by atoms with van der Waals surface area (Å²) in [6.07, 6.45) is 2.20. The molecule has 0 heterocycles.